The standard InChI is InChI=1S/C10H8Br.Zr.3H/c1-7-5-8-3-2-4-10(11)9(8)6-7;;;;/h2-6H,1H3;;;;/q-1;+4;3*-1. The monoisotopic (exact) mass is 300 g/mol. The zero-order valence-electron chi connectivity index (χ0n) is 9.76. The van der Waals surface area contributed by atoms with Crippen LogP contribution in [0.15, 0.2) is 34.8 Å². The van der Waals surface area contributed by atoms with Crippen molar-refractivity contribution in [2.75, 3.05) is 0 Å². The first-order valence-electron chi connectivity index (χ1n) is 3.59. The number of fused-ring (bicyclic) bond motifs is 1. The van der Waals surface area contributed by atoms with Gasteiger partial charge in [-0.3, -0.25) is 0 Å². The molecule has 12 heavy (non-hydrogen) atoms. The van der Waals surface area contributed by atoms with E-state index in [2.05, 4.69) is 53.2 Å². The van der Waals surface area contributed by atoms with Crippen molar-refractivity contribution in [1.29, 1.82) is 0 Å². The van der Waals surface area contributed by atoms with E-state index >= 15 is 0 Å². The van der Waals surface area contributed by atoms with Crippen LogP contribution in [0.25, 0.3) is 10.8 Å². The van der Waals surface area contributed by atoms with Crippen LogP contribution in [0.4, 0.5) is 0 Å². The molecule has 0 nitrogen and oxygen atoms in total. The molecule has 2 rings (SSSR count). The molecule has 0 fully saturated rings. The van der Waals surface area contributed by atoms with Gasteiger partial charge in [-0.05, 0) is 4.47 Å². The fourth-order valence-corrected chi connectivity index (χ4v) is 1.84. The largest absolute Gasteiger partial charge is 4.00 e. The summed E-state index contributed by atoms with van der Waals surface area (Å²) in [5.41, 5.74) is 1.33. The predicted octanol–water partition coefficient (Wildman–Crippen LogP) is 3.96. The Bertz CT molecular complexity index is 400. The van der Waals surface area contributed by atoms with E-state index in [4.69, 9.17) is 0 Å². The van der Waals surface area contributed by atoms with Crippen molar-refractivity contribution in [1.82, 2.24) is 0 Å². The minimum atomic E-state index is 0. The average Bonchev–Trinajstić information content (AvgIpc) is 2.31. The average molecular weight is 302 g/mol. The molecule has 0 amide bonds. The van der Waals surface area contributed by atoms with E-state index < -0.39 is 0 Å². The van der Waals surface area contributed by atoms with Gasteiger partial charge in [0.05, 0.1) is 0 Å². The zero-order chi connectivity index (χ0) is 7.84. The summed E-state index contributed by atoms with van der Waals surface area (Å²) in [4.78, 5) is 0. The number of hydrogen-bond acceptors (Lipinski definition) is 0. The molecule has 0 atom stereocenters. The van der Waals surface area contributed by atoms with Gasteiger partial charge >= 0.3 is 26.2 Å². The Balaban J connectivity index is -0.000000360. The van der Waals surface area contributed by atoms with Crippen molar-refractivity contribution < 1.29 is 30.5 Å². The van der Waals surface area contributed by atoms with E-state index in [-0.39, 0.29) is 30.5 Å². The Hall–Kier alpha value is 0.193. The summed E-state index contributed by atoms with van der Waals surface area (Å²) in [7, 11) is 0. The van der Waals surface area contributed by atoms with Gasteiger partial charge in [-0.25, -0.2) is 0 Å². The maximum absolute atomic E-state index is 3.51. The molecule has 0 spiro atoms. The minimum absolute atomic E-state index is 0. The van der Waals surface area contributed by atoms with E-state index in [0.717, 1.165) is 0 Å². The molecule has 2 aromatic rings. The summed E-state index contributed by atoms with van der Waals surface area (Å²) >= 11 is 3.51. The Labute approximate surface area is 104 Å². The van der Waals surface area contributed by atoms with Gasteiger partial charge in [0, 0.05) is 0 Å². The summed E-state index contributed by atoms with van der Waals surface area (Å²) in [5.74, 6) is 0. The van der Waals surface area contributed by atoms with Crippen molar-refractivity contribution in [2.24, 2.45) is 0 Å². The van der Waals surface area contributed by atoms with Gasteiger partial charge in [-0.2, -0.15) is 6.07 Å². The first-order chi connectivity index (χ1) is 5.27. The molecule has 0 radical (unpaired) electrons. The Morgan fingerprint density at radius 1 is 1.42 bits per heavy atom. The molecular formula is C10H11BrZr. The van der Waals surface area contributed by atoms with E-state index in [0.29, 0.717) is 0 Å². The molecule has 0 saturated heterocycles. The molecule has 0 N–H and O–H groups in total. The predicted molar refractivity (Wildman–Crippen MR) is 55.3 cm³/mol. The number of halogens is 1. The topological polar surface area (TPSA) is 0 Å². The first kappa shape index (κ1) is 10.3. The summed E-state index contributed by atoms with van der Waals surface area (Å²) in [6.07, 6.45) is 0. The normalized spacial score (nSPS) is 9.83. The molecule has 0 aromatic heterocycles. The Morgan fingerprint density at radius 2 is 2.17 bits per heavy atom. The second-order valence-electron chi connectivity index (χ2n) is 2.78. The number of benzene rings is 1. The SMILES string of the molecule is Cc1cc2c(Br)cccc2[cH-]1.[H-].[H-].[H-].[Zr+4]. The van der Waals surface area contributed by atoms with Gasteiger partial charge in [-0.1, -0.05) is 28.9 Å². The smallest absolute Gasteiger partial charge is 1.00 e. The third-order valence-electron chi connectivity index (χ3n) is 1.84. The molecule has 0 bridgehead atoms. The number of rotatable bonds is 0. The van der Waals surface area contributed by atoms with Crippen molar-refractivity contribution in [3.63, 3.8) is 0 Å². The molecular weight excluding hydrogens is 291 g/mol. The Morgan fingerprint density at radius 3 is 2.83 bits per heavy atom. The molecule has 0 unspecified atom stereocenters. The number of aryl methyl sites for hydroxylation is 1. The van der Waals surface area contributed by atoms with Crippen LogP contribution >= 0.6 is 15.9 Å². The van der Waals surface area contributed by atoms with Crippen LogP contribution < -0.4 is 0 Å². The fraction of sp³-hybridized carbons (Fsp3) is 0.100. The van der Waals surface area contributed by atoms with Crippen LogP contribution in [0.2, 0.25) is 0 Å². The van der Waals surface area contributed by atoms with Crippen LogP contribution in [0.3, 0.4) is 0 Å². The molecule has 0 aliphatic rings. The summed E-state index contributed by atoms with van der Waals surface area (Å²) in [6, 6.07) is 10.7. The molecule has 2 heteroatoms. The second-order valence-corrected chi connectivity index (χ2v) is 3.63. The van der Waals surface area contributed by atoms with Gasteiger partial charge in [0.25, 0.3) is 0 Å². The van der Waals surface area contributed by atoms with Gasteiger partial charge in [0.15, 0.2) is 0 Å². The summed E-state index contributed by atoms with van der Waals surface area (Å²) < 4.78 is 1.18. The van der Waals surface area contributed by atoms with Crippen LogP contribution in [0.5, 0.6) is 0 Å². The van der Waals surface area contributed by atoms with Crippen molar-refractivity contribution in [3.8, 4) is 0 Å². The van der Waals surface area contributed by atoms with E-state index in [9.17, 15) is 0 Å². The van der Waals surface area contributed by atoms with Crippen LogP contribution in [-0.2, 0) is 26.2 Å². The van der Waals surface area contributed by atoms with Crippen molar-refractivity contribution >= 4 is 26.7 Å². The maximum Gasteiger partial charge on any atom is 4.00 e. The van der Waals surface area contributed by atoms with E-state index in [1.165, 1.54) is 20.8 Å². The van der Waals surface area contributed by atoms with Crippen LogP contribution in [-0.4, -0.2) is 0 Å². The van der Waals surface area contributed by atoms with Gasteiger partial charge < -0.3 is 4.28 Å². The first-order valence-corrected chi connectivity index (χ1v) is 4.38. The molecule has 0 aliphatic carbocycles. The molecule has 0 saturated carbocycles. The second kappa shape index (κ2) is 3.93. The minimum Gasteiger partial charge on any atom is -1.00 e. The molecule has 0 heterocycles. The van der Waals surface area contributed by atoms with Crippen LogP contribution in [0, 0.1) is 6.92 Å². The molecule has 62 valence electrons. The van der Waals surface area contributed by atoms with Gasteiger partial charge in [-0.15, -0.1) is 34.5 Å². The fourth-order valence-electron chi connectivity index (χ4n) is 1.35. The van der Waals surface area contributed by atoms with Gasteiger partial charge in [0.2, 0.25) is 0 Å². The molecule has 2 aromatic carbocycles. The van der Waals surface area contributed by atoms with Crippen molar-refractivity contribution in [3.05, 3.63) is 40.4 Å². The van der Waals surface area contributed by atoms with E-state index in [1.54, 1.807) is 0 Å². The van der Waals surface area contributed by atoms with E-state index in [1.807, 2.05) is 0 Å². The van der Waals surface area contributed by atoms with Crippen molar-refractivity contribution in [2.45, 2.75) is 6.92 Å². The third kappa shape index (κ3) is 1.75. The third-order valence-corrected chi connectivity index (χ3v) is 2.53. The Kier molecular flexibility index (Phi) is 3.37. The maximum atomic E-state index is 3.51. The quantitative estimate of drug-likeness (QED) is 0.646. The zero-order valence-corrected chi connectivity index (χ0v) is 10.8. The van der Waals surface area contributed by atoms with Crippen LogP contribution in [0.1, 0.15) is 9.84 Å². The summed E-state index contributed by atoms with van der Waals surface area (Å²) in [6.45, 7) is 2.12. The van der Waals surface area contributed by atoms with Gasteiger partial charge in [0.1, 0.15) is 0 Å². The summed E-state index contributed by atoms with van der Waals surface area (Å²) in [5, 5.41) is 2.63. The number of hydrogen-bond donors (Lipinski definition) is 0. The molecule has 0 aliphatic heterocycles.